The van der Waals surface area contributed by atoms with E-state index in [0.29, 0.717) is 111 Å². The van der Waals surface area contributed by atoms with Gasteiger partial charge in [-0.15, -0.1) is 0 Å². The van der Waals surface area contributed by atoms with Gasteiger partial charge >= 0.3 is 24.1 Å². The van der Waals surface area contributed by atoms with Crippen LogP contribution in [0.2, 0.25) is 0 Å². The van der Waals surface area contributed by atoms with Crippen LogP contribution < -0.4 is 42.5 Å². The van der Waals surface area contributed by atoms with Gasteiger partial charge in [-0.1, -0.05) is 224 Å². The second-order valence-corrected chi connectivity index (χ2v) is 35.0. The predicted octanol–water partition coefficient (Wildman–Crippen LogP) is 19.5. The Morgan fingerprint density at radius 2 is 0.606 bits per heavy atom. The number of halogens is 5. The highest BCUT2D eigenvalue weighted by Gasteiger charge is 2.40. The van der Waals surface area contributed by atoms with Gasteiger partial charge in [0.05, 0.1) is 108 Å². The van der Waals surface area contributed by atoms with E-state index in [9.17, 15) is 36.7 Å². The zero-order chi connectivity index (χ0) is 95.9. The van der Waals surface area contributed by atoms with E-state index in [1.54, 1.807) is 52.8 Å². The van der Waals surface area contributed by atoms with E-state index >= 15 is 0 Å². The Balaban J connectivity index is 0.000000146. The minimum absolute atomic E-state index is 0.0195. The Morgan fingerprint density at radius 3 is 0.927 bits per heavy atom. The first-order chi connectivity index (χ1) is 66.7. The summed E-state index contributed by atoms with van der Waals surface area (Å²) >= 11 is 3.41. The first-order valence-corrected chi connectivity index (χ1v) is 46.6. The fourth-order valence-electron chi connectivity index (χ4n) is 17.7. The molecule has 9 aromatic carbocycles. The van der Waals surface area contributed by atoms with Gasteiger partial charge in [-0.3, -0.25) is 39.5 Å². The number of hydrogen-bond acceptors (Lipinski definition) is 16. The average molecular weight is 1920 g/mol. The van der Waals surface area contributed by atoms with Crippen LogP contribution in [0.15, 0.2) is 302 Å². The third kappa shape index (κ3) is 27.9. The van der Waals surface area contributed by atoms with Crippen molar-refractivity contribution in [2.45, 2.75) is 61.7 Å². The topological polar surface area (TPSA) is 266 Å². The van der Waals surface area contributed by atoms with E-state index in [1.807, 2.05) is 226 Å². The summed E-state index contributed by atoms with van der Waals surface area (Å²) < 4.78 is 76.4. The fourth-order valence-corrected chi connectivity index (χ4v) is 18.1. The normalized spacial score (nSPS) is 18.0. The molecule has 0 bridgehead atoms. The van der Waals surface area contributed by atoms with Crippen molar-refractivity contribution in [2.75, 3.05) is 155 Å². The molecule has 8 amide bonds. The average Bonchev–Trinajstić information content (AvgIpc) is 1.28. The molecule has 4 aromatic heterocycles. The Bertz CT molecular complexity index is 6090. The smallest absolute Gasteiger partial charge is 0.319 e. The highest BCUT2D eigenvalue weighted by atomic mass is 79.9. The van der Waals surface area contributed by atoms with Crippen LogP contribution in [0.5, 0.6) is 0 Å². The van der Waals surface area contributed by atoms with Gasteiger partial charge in [-0.2, -0.15) is 0 Å². The number of rotatable bonds is 29. The molecule has 29 heteroatoms. The van der Waals surface area contributed by atoms with Crippen LogP contribution in [0.4, 0.5) is 59.5 Å². The second kappa shape index (κ2) is 49.9. The van der Waals surface area contributed by atoms with Gasteiger partial charge in [0.2, 0.25) is 0 Å². The van der Waals surface area contributed by atoms with Crippen LogP contribution >= 0.6 is 15.9 Å². The molecule has 8 atom stereocenters. The molecule has 13 aromatic rings. The van der Waals surface area contributed by atoms with Crippen molar-refractivity contribution in [3.05, 3.63) is 359 Å². The SMILES string of the molecule is COCCN1C[C@@H](NC(=O)Nc2cc(-c3ccccc3)cnc2-c2ccccc2)[C@H](c2ccccc2)C1.COCCN1C[C@@H](NC(=O)Nc2cc(Br)cnc2-c2ccccc2)[C@H](c2ccc(F)c(F)c2)C1.COCCN1C[C@@H](NC(=O)Nc2ccc(-c3ccccc3)nc2C)[C@H](c2ccc(F)c(F)c2)C1.COCCN1C[C@@H](NC(=O)Nc2ccc(-c3ccccc3)nc2C)[C@H](c2ccccc2)C1. The number of ether oxygens (including phenoxy) is 4. The zero-order valence-corrected chi connectivity index (χ0v) is 79.0. The lowest BCUT2D eigenvalue weighted by Gasteiger charge is -2.21. The lowest BCUT2D eigenvalue weighted by atomic mass is 9.94. The van der Waals surface area contributed by atoms with E-state index in [1.165, 1.54) is 23.3 Å². The van der Waals surface area contributed by atoms with E-state index < -0.39 is 29.3 Å². The van der Waals surface area contributed by atoms with E-state index in [4.69, 9.17) is 23.9 Å². The highest BCUT2D eigenvalue weighted by molar-refractivity contribution is 9.10. The summed E-state index contributed by atoms with van der Waals surface area (Å²) in [6.07, 6.45) is 3.53. The Kier molecular flexibility index (Phi) is 36.2. The van der Waals surface area contributed by atoms with Crippen LogP contribution in [0.1, 0.15) is 57.3 Å². The zero-order valence-electron chi connectivity index (χ0n) is 77.5. The monoisotopic (exact) mass is 1920 g/mol. The summed E-state index contributed by atoms with van der Waals surface area (Å²) in [5, 5.41) is 24.4. The van der Waals surface area contributed by atoms with Gasteiger partial charge in [0.15, 0.2) is 23.3 Å². The van der Waals surface area contributed by atoms with Gasteiger partial charge in [-0.05, 0) is 118 Å². The summed E-state index contributed by atoms with van der Waals surface area (Å²) in [6.45, 7) is 14.9. The van der Waals surface area contributed by atoms with Crippen LogP contribution in [0, 0.1) is 37.1 Å². The number of aromatic nitrogens is 4. The first-order valence-electron chi connectivity index (χ1n) is 45.8. The van der Waals surface area contributed by atoms with E-state index in [-0.39, 0.29) is 65.9 Å². The number of pyridine rings is 4. The van der Waals surface area contributed by atoms with Crippen molar-refractivity contribution >= 4 is 62.8 Å². The molecule has 0 unspecified atom stereocenters. The van der Waals surface area contributed by atoms with Gasteiger partial charge in [-0.25, -0.2) is 36.7 Å². The van der Waals surface area contributed by atoms with Gasteiger partial charge in [0, 0.05) is 175 Å². The third-order valence-corrected chi connectivity index (χ3v) is 25.2. The number of anilines is 4. The maximum absolute atomic E-state index is 13.9. The van der Waals surface area contributed by atoms with Gasteiger partial charge in [0.25, 0.3) is 0 Å². The fraction of sp³-hybridized carbons (Fsp3) is 0.278. The molecule has 24 nitrogen and oxygen atoms in total. The number of amides is 8. The van der Waals surface area contributed by atoms with Crippen molar-refractivity contribution in [1.82, 2.24) is 60.8 Å². The summed E-state index contributed by atoms with van der Waals surface area (Å²) in [6, 6.07) is 87.5. The Hall–Kier alpha value is -13.5. The largest absolute Gasteiger partial charge is 0.383 e. The Morgan fingerprint density at radius 1 is 0.314 bits per heavy atom. The number of methoxy groups -OCH3 is 4. The molecule has 0 saturated carbocycles. The van der Waals surface area contributed by atoms with Gasteiger partial charge < -0.3 is 61.5 Å². The minimum atomic E-state index is -0.899. The molecule has 8 heterocycles. The number of carbonyl (C=O) groups excluding carboxylic acids is 4. The maximum Gasteiger partial charge on any atom is 0.319 e. The van der Waals surface area contributed by atoms with E-state index in [2.05, 4.69) is 129 Å². The number of urea groups is 4. The highest BCUT2D eigenvalue weighted by Crippen LogP contribution is 2.37. The number of hydrogen-bond donors (Lipinski definition) is 8. The number of carbonyl (C=O) groups is 4. The summed E-state index contributed by atoms with van der Waals surface area (Å²) in [4.78, 5) is 79.7. The molecule has 4 aliphatic heterocycles. The quantitative estimate of drug-likeness (QED) is 0.0203. The van der Waals surface area contributed by atoms with Crippen molar-refractivity contribution in [3.63, 3.8) is 0 Å². The maximum atomic E-state index is 13.9. The number of likely N-dealkylation sites (tertiary alicyclic amines) is 4. The molecule has 4 aliphatic rings. The van der Waals surface area contributed by atoms with E-state index in [0.717, 1.165) is 112 Å². The van der Waals surface area contributed by atoms with Gasteiger partial charge in [0.1, 0.15) is 0 Å². The summed E-state index contributed by atoms with van der Waals surface area (Å²) in [5.41, 5.74) is 16.8. The molecule has 0 spiro atoms. The lowest BCUT2D eigenvalue weighted by molar-refractivity contribution is 0.159. The number of aryl methyl sites for hydroxylation is 2. The molecular formula is C108H115BrF4N16O8. The van der Waals surface area contributed by atoms with Crippen LogP contribution in [0.25, 0.3) is 56.2 Å². The first kappa shape index (κ1) is 99.5. The molecule has 4 fully saturated rings. The number of nitrogens with zero attached hydrogens (tertiary/aromatic N) is 8. The van der Waals surface area contributed by atoms with Crippen LogP contribution in [0.3, 0.4) is 0 Å². The van der Waals surface area contributed by atoms with Crippen LogP contribution in [-0.2, 0) is 18.9 Å². The molecule has 0 aliphatic carbocycles. The molecule has 137 heavy (non-hydrogen) atoms. The minimum Gasteiger partial charge on any atom is -0.383 e. The van der Waals surface area contributed by atoms with Crippen LogP contribution in [-0.4, -0.2) is 221 Å². The summed E-state index contributed by atoms with van der Waals surface area (Å²) in [7, 11) is 6.69. The van der Waals surface area contributed by atoms with Crippen molar-refractivity contribution in [2.24, 2.45) is 0 Å². The Labute approximate surface area is 805 Å². The van der Waals surface area contributed by atoms with Crippen molar-refractivity contribution < 1.29 is 55.7 Å². The van der Waals surface area contributed by atoms with Crippen molar-refractivity contribution in [1.29, 1.82) is 0 Å². The molecule has 4 saturated heterocycles. The molecule has 8 N–H and O–H groups in total. The molecular weight excluding hydrogens is 1810 g/mol. The standard InChI is InChI=1S/C31H32N4O2.C26H28F2N4O2.C26H30N4O2.C25H25BrF2N4O2/c1-37-18-17-35-21-27(24-13-7-3-8-14-24)29(22-35)34-31(36)33-28-19-26(23-11-5-2-6-12-23)20-32-30(28)25-15-9-4-10-16-25;1-17-23(10-11-24(29-17)18-6-4-3-5-7-18)30-26(33)31-25-16-32(12-13-34-2)15-20(25)19-8-9-21(27)22(28)14-19;1-19-23(13-14-24(27-19)21-11-7-4-8-12-21)28-26(31)29-25-18-30(15-16-32-2)17-22(25)20-9-5-3-6-10-20;1-34-10-9-32-14-19(17-7-8-20(27)21(28)11-17)23(15-32)31-25(33)30-22-12-18(26)13-29-24(22)16-5-3-2-4-6-16/h2-16,19-20,27,29H,17-18,21-22H2,1H3,(H2,33,34,36);3-11,14,20,25H,12-13,15-16H2,1-2H3,(H2,30,31,33);3-14,22,25H,15-18H2,1-2H3,(H2,28,29,31);2-8,11-13,19,23H,9-10,14-15H2,1H3,(H2,30,31,33)/t27-,29+;20-,25+;22-,25+;19-,23+/m0000/s1. The second-order valence-electron chi connectivity index (χ2n) is 34.1. The van der Waals surface area contributed by atoms with Crippen molar-refractivity contribution in [3.8, 4) is 56.2 Å². The number of nitrogens with one attached hydrogen (secondary N) is 8. The third-order valence-electron chi connectivity index (χ3n) is 24.7. The summed E-state index contributed by atoms with van der Waals surface area (Å²) in [5.74, 6) is -3.52. The molecule has 710 valence electrons. The molecule has 0 radical (unpaired) electrons. The number of benzene rings is 9. The predicted molar refractivity (Wildman–Crippen MR) is 535 cm³/mol. The molecule has 17 rings (SSSR count). The lowest BCUT2D eigenvalue weighted by Crippen LogP contribution is -2.42.